The number of carbonyl (C=O) groups is 1. The highest BCUT2D eigenvalue weighted by molar-refractivity contribution is 5.95. The highest BCUT2D eigenvalue weighted by atomic mass is 16.1. The molecule has 0 spiro atoms. The molecule has 0 bridgehead atoms. The van der Waals surface area contributed by atoms with Gasteiger partial charge in [-0.3, -0.25) is 9.48 Å². The quantitative estimate of drug-likeness (QED) is 0.947. The van der Waals surface area contributed by atoms with Gasteiger partial charge in [0.15, 0.2) is 0 Å². The zero-order valence-electron chi connectivity index (χ0n) is 13.5. The summed E-state index contributed by atoms with van der Waals surface area (Å²) < 4.78 is 4.16. The molecule has 2 aromatic rings. The summed E-state index contributed by atoms with van der Waals surface area (Å²) in [4.78, 5) is 17.0. The minimum absolute atomic E-state index is 0.00919. The molecule has 2 aliphatic rings. The Hall–Kier alpha value is -2.11. The Morgan fingerprint density at radius 1 is 1.26 bits per heavy atom. The molecule has 6 heteroatoms. The van der Waals surface area contributed by atoms with Crippen molar-refractivity contribution in [2.24, 2.45) is 0 Å². The van der Waals surface area contributed by atoms with Crippen molar-refractivity contribution in [2.75, 3.05) is 0 Å². The lowest BCUT2D eigenvalue weighted by Gasteiger charge is -2.23. The molecular formula is C17H23N5O. The fourth-order valence-electron chi connectivity index (χ4n) is 3.93. The Morgan fingerprint density at radius 2 is 2.09 bits per heavy atom. The number of fused-ring (bicyclic) bond motifs is 1. The predicted octanol–water partition coefficient (Wildman–Crippen LogP) is 2.77. The van der Waals surface area contributed by atoms with E-state index >= 15 is 0 Å². The third-order valence-corrected chi connectivity index (χ3v) is 5.23. The maximum absolute atomic E-state index is 12.6. The number of rotatable bonds is 3. The van der Waals surface area contributed by atoms with E-state index in [-0.39, 0.29) is 11.9 Å². The van der Waals surface area contributed by atoms with E-state index in [2.05, 4.69) is 24.6 Å². The smallest absolute Gasteiger partial charge is 0.255 e. The van der Waals surface area contributed by atoms with Crippen LogP contribution in [0.1, 0.15) is 72.5 Å². The molecule has 3 heterocycles. The third-order valence-electron chi connectivity index (χ3n) is 5.23. The number of amides is 1. The normalized spacial score (nSPS) is 21.3. The van der Waals surface area contributed by atoms with Crippen LogP contribution in [-0.4, -0.2) is 25.2 Å². The van der Waals surface area contributed by atoms with Gasteiger partial charge in [-0.25, -0.2) is 4.98 Å². The Labute approximate surface area is 135 Å². The second-order valence-corrected chi connectivity index (χ2v) is 6.67. The number of aromatic nitrogens is 4. The number of nitrogens with one attached hydrogen (secondary N) is 1. The standard InChI is InChI=1S/C17H23N5O/c1-12-14(11-19-22(12)13-5-3-2-4-6-13)17(23)20-15-7-9-21-10-8-18-16(15)21/h8,10-11,13,15H,2-7,9H2,1H3,(H,20,23). The van der Waals surface area contributed by atoms with Gasteiger partial charge >= 0.3 is 0 Å². The Kier molecular flexibility index (Phi) is 3.67. The maximum atomic E-state index is 12.6. The molecule has 1 fully saturated rings. The first-order chi connectivity index (χ1) is 11.2. The molecule has 122 valence electrons. The lowest BCUT2D eigenvalue weighted by molar-refractivity contribution is 0.0935. The van der Waals surface area contributed by atoms with E-state index in [1.165, 1.54) is 32.1 Å². The molecule has 1 aliphatic heterocycles. The lowest BCUT2D eigenvalue weighted by atomic mass is 9.95. The first kappa shape index (κ1) is 14.5. The molecule has 1 N–H and O–H groups in total. The van der Waals surface area contributed by atoms with Crippen molar-refractivity contribution >= 4 is 5.91 Å². The van der Waals surface area contributed by atoms with Crippen LogP contribution in [-0.2, 0) is 6.54 Å². The largest absolute Gasteiger partial charge is 0.342 e. The van der Waals surface area contributed by atoms with Gasteiger partial charge in [-0.05, 0) is 26.2 Å². The molecule has 0 radical (unpaired) electrons. The van der Waals surface area contributed by atoms with Crippen LogP contribution in [0.2, 0.25) is 0 Å². The van der Waals surface area contributed by atoms with Gasteiger partial charge in [0.05, 0.1) is 23.8 Å². The van der Waals surface area contributed by atoms with Gasteiger partial charge < -0.3 is 9.88 Å². The van der Waals surface area contributed by atoms with Crippen LogP contribution < -0.4 is 5.32 Å². The minimum atomic E-state index is -0.0361. The number of hydrogen-bond donors (Lipinski definition) is 1. The number of carbonyl (C=O) groups excluding carboxylic acids is 1. The zero-order valence-corrected chi connectivity index (χ0v) is 13.5. The van der Waals surface area contributed by atoms with Gasteiger partial charge in [0.25, 0.3) is 5.91 Å². The van der Waals surface area contributed by atoms with Crippen molar-refractivity contribution in [1.82, 2.24) is 24.6 Å². The van der Waals surface area contributed by atoms with Gasteiger partial charge in [-0.15, -0.1) is 0 Å². The molecule has 6 nitrogen and oxygen atoms in total. The molecule has 1 aliphatic carbocycles. The molecule has 23 heavy (non-hydrogen) atoms. The van der Waals surface area contributed by atoms with Crippen LogP contribution in [0.4, 0.5) is 0 Å². The van der Waals surface area contributed by atoms with E-state index in [4.69, 9.17) is 0 Å². The molecule has 0 aromatic carbocycles. The summed E-state index contributed by atoms with van der Waals surface area (Å²) in [7, 11) is 0. The number of aryl methyl sites for hydroxylation is 1. The summed E-state index contributed by atoms with van der Waals surface area (Å²) in [6, 6.07) is 0.464. The molecular weight excluding hydrogens is 290 g/mol. The van der Waals surface area contributed by atoms with E-state index in [1.807, 2.05) is 13.1 Å². The second-order valence-electron chi connectivity index (χ2n) is 6.67. The molecule has 2 aromatic heterocycles. The summed E-state index contributed by atoms with van der Waals surface area (Å²) >= 11 is 0. The summed E-state index contributed by atoms with van der Waals surface area (Å²) in [6.07, 6.45) is 12.6. The van der Waals surface area contributed by atoms with Gasteiger partial charge in [0, 0.05) is 24.6 Å². The SMILES string of the molecule is Cc1c(C(=O)NC2CCn3ccnc32)cnn1C1CCCCC1. The van der Waals surface area contributed by atoms with Crippen LogP contribution in [0, 0.1) is 6.92 Å². The summed E-state index contributed by atoms with van der Waals surface area (Å²) in [5, 5.41) is 7.62. The highest BCUT2D eigenvalue weighted by Gasteiger charge is 2.27. The summed E-state index contributed by atoms with van der Waals surface area (Å²) in [6.45, 7) is 2.92. The van der Waals surface area contributed by atoms with Crippen molar-refractivity contribution in [3.63, 3.8) is 0 Å². The molecule has 1 atom stereocenters. The van der Waals surface area contributed by atoms with E-state index < -0.39 is 0 Å². The van der Waals surface area contributed by atoms with Crippen LogP contribution in [0.5, 0.6) is 0 Å². The first-order valence-electron chi connectivity index (χ1n) is 8.60. The average molecular weight is 313 g/mol. The number of imidazole rings is 1. The lowest BCUT2D eigenvalue weighted by Crippen LogP contribution is -2.28. The van der Waals surface area contributed by atoms with Gasteiger partial charge in [0.2, 0.25) is 0 Å². The predicted molar refractivity (Wildman–Crippen MR) is 86.1 cm³/mol. The van der Waals surface area contributed by atoms with Crippen molar-refractivity contribution in [2.45, 2.75) is 64.1 Å². The summed E-state index contributed by atoms with van der Waals surface area (Å²) in [5.41, 5.74) is 1.68. The van der Waals surface area contributed by atoms with Crippen LogP contribution in [0.25, 0.3) is 0 Å². The van der Waals surface area contributed by atoms with Crippen LogP contribution >= 0.6 is 0 Å². The molecule has 1 saturated carbocycles. The van der Waals surface area contributed by atoms with E-state index in [0.29, 0.717) is 11.6 Å². The molecule has 1 amide bonds. The van der Waals surface area contributed by atoms with Crippen molar-refractivity contribution < 1.29 is 4.79 Å². The Bertz CT molecular complexity index is 710. The van der Waals surface area contributed by atoms with Crippen molar-refractivity contribution in [3.8, 4) is 0 Å². The van der Waals surface area contributed by atoms with Crippen LogP contribution in [0.15, 0.2) is 18.6 Å². The van der Waals surface area contributed by atoms with Gasteiger partial charge in [0.1, 0.15) is 5.82 Å². The fourth-order valence-corrected chi connectivity index (χ4v) is 3.93. The van der Waals surface area contributed by atoms with Crippen molar-refractivity contribution in [3.05, 3.63) is 35.7 Å². The zero-order chi connectivity index (χ0) is 15.8. The highest BCUT2D eigenvalue weighted by Crippen LogP contribution is 2.29. The van der Waals surface area contributed by atoms with E-state index in [0.717, 1.165) is 24.5 Å². The topological polar surface area (TPSA) is 64.7 Å². The Morgan fingerprint density at radius 3 is 2.91 bits per heavy atom. The Balaban J connectivity index is 1.50. The third kappa shape index (κ3) is 2.56. The van der Waals surface area contributed by atoms with Gasteiger partial charge in [-0.1, -0.05) is 19.3 Å². The van der Waals surface area contributed by atoms with Crippen molar-refractivity contribution in [1.29, 1.82) is 0 Å². The van der Waals surface area contributed by atoms with E-state index in [9.17, 15) is 4.79 Å². The van der Waals surface area contributed by atoms with Crippen LogP contribution in [0.3, 0.4) is 0 Å². The minimum Gasteiger partial charge on any atom is -0.342 e. The maximum Gasteiger partial charge on any atom is 0.255 e. The van der Waals surface area contributed by atoms with E-state index in [1.54, 1.807) is 12.4 Å². The molecule has 4 rings (SSSR count). The average Bonchev–Trinajstić information content (AvgIpc) is 3.25. The number of hydrogen-bond acceptors (Lipinski definition) is 3. The molecule has 0 saturated heterocycles. The molecule has 1 unspecified atom stereocenters. The number of nitrogens with zero attached hydrogens (tertiary/aromatic N) is 4. The first-order valence-corrected chi connectivity index (χ1v) is 8.60. The monoisotopic (exact) mass is 313 g/mol. The second kappa shape index (κ2) is 5.83. The fraction of sp³-hybridized carbons (Fsp3) is 0.588. The van der Waals surface area contributed by atoms with Gasteiger partial charge in [-0.2, -0.15) is 5.10 Å². The summed E-state index contributed by atoms with van der Waals surface area (Å²) in [5.74, 6) is 0.918.